The maximum absolute atomic E-state index is 12.7. The lowest BCUT2D eigenvalue weighted by molar-refractivity contribution is 0.0521. The molecule has 1 amide bonds. The Balaban J connectivity index is 1.64. The van der Waals surface area contributed by atoms with E-state index in [0.29, 0.717) is 11.3 Å². The number of nitrogens with one attached hydrogen (secondary N) is 1. The summed E-state index contributed by atoms with van der Waals surface area (Å²) in [4.78, 5) is 33.3. The van der Waals surface area contributed by atoms with Crippen LogP contribution in [0.15, 0.2) is 61.2 Å². The van der Waals surface area contributed by atoms with Crippen LogP contribution in [0.5, 0.6) is 0 Å². The van der Waals surface area contributed by atoms with Crippen molar-refractivity contribution in [3.63, 3.8) is 0 Å². The van der Waals surface area contributed by atoms with Crippen molar-refractivity contribution in [3.8, 4) is 5.82 Å². The largest absolute Gasteiger partial charge is 0.461 e. The Morgan fingerprint density at radius 1 is 1.14 bits per heavy atom. The number of ether oxygens (including phenoxy) is 1. The summed E-state index contributed by atoms with van der Waals surface area (Å²) in [5.41, 5.74) is 0.990. The minimum Gasteiger partial charge on any atom is -0.461 e. The molecule has 0 saturated heterocycles. The number of anilines is 1. The van der Waals surface area contributed by atoms with Crippen molar-refractivity contribution in [1.82, 2.24) is 24.7 Å². The molecule has 0 bridgehead atoms. The van der Waals surface area contributed by atoms with Crippen LogP contribution in [-0.4, -0.2) is 43.2 Å². The maximum Gasteiger partial charge on any atom is 0.359 e. The van der Waals surface area contributed by atoms with Crippen LogP contribution >= 0.6 is 0 Å². The average Bonchev–Trinajstić information content (AvgIpc) is 3.28. The third-order valence-corrected chi connectivity index (χ3v) is 4.09. The Morgan fingerprint density at radius 2 is 2.00 bits per heavy atom. The van der Waals surface area contributed by atoms with Gasteiger partial charge in [0.15, 0.2) is 17.2 Å². The molecule has 9 nitrogen and oxygen atoms in total. The van der Waals surface area contributed by atoms with Gasteiger partial charge in [0.05, 0.1) is 17.8 Å². The first-order chi connectivity index (χ1) is 14.2. The van der Waals surface area contributed by atoms with Crippen LogP contribution in [0.2, 0.25) is 0 Å². The van der Waals surface area contributed by atoms with Gasteiger partial charge in [-0.2, -0.15) is 0 Å². The van der Waals surface area contributed by atoms with Gasteiger partial charge in [-0.15, -0.1) is 10.2 Å². The normalized spacial score (nSPS) is 10.7. The van der Waals surface area contributed by atoms with Gasteiger partial charge in [-0.1, -0.05) is 18.2 Å². The summed E-state index contributed by atoms with van der Waals surface area (Å²) < 4.78 is 6.74. The van der Waals surface area contributed by atoms with Crippen molar-refractivity contribution in [2.45, 2.75) is 6.92 Å². The quantitative estimate of drug-likeness (QED) is 0.523. The highest BCUT2D eigenvalue weighted by Gasteiger charge is 2.19. The van der Waals surface area contributed by atoms with Crippen molar-refractivity contribution in [2.24, 2.45) is 0 Å². The lowest BCUT2D eigenvalue weighted by atomic mass is 10.1. The first kappa shape index (κ1) is 18.2. The Kier molecular flexibility index (Phi) is 4.93. The fraction of sp³-hybridized carbons (Fsp3) is 0.100. The Morgan fingerprint density at radius 3 is 2.72 bits per heavy atom. The minimum absolute atomic E-state index is 0.0295. The van der Waals surface area contributed by atoms with E-state index in [1.165, 1.54) is 6.07 Å². The number of carbonyl (C=O) groups is 2. The molecule has 29 heavy (non-hydrogen) atoms. The number of esters is 1. The average molecular weight is 388 g/mol. The van der Waals surface area contributed by atoms with Gasteiger partial charge in [-0.05, 0) is 31.2 Å². The Hall–Kier alpha value is -4.14. The molecule has 144 valence electrons. The number of aromatic nitrogens is 5. The van der Waals surface area contributed by atoms with Crippen LogP contribution < -0.4 is 5.32 Å². The summed E-state index contributed by atoms with van der Waals surface area (Å²) in [5, 5.41) is 11.4. The molecule has 0 aliphatic carbocycles. The van der Waals surface area contributed by atoms with E-state index >= 15 is 0 Å². The summed E-state index contributed by atoms with van der Waals surface area (Å²) in [6.45, 7) is 1.90. The minimum atomic E-state index is -0.616. The molecule has 0 aliphatic rings. The van der Waals surface area contributed by atoms with E-state index in [-0.39, 0.29) is 23.7 Å². The highest BCUT2D eigenvalue weighted by atomic mass is 16.5. The van der Waals surface area contributed by atoms with E-state index < -0.39 is 11.9 Å². The second kappa shape index (κ2) is 7.85. The SMILES string of the molecule is CCOC(=O)c1nc2ccccc2cc1NC(=O)c1ccc(-n2ccnc2)nn1. The van der Waals surface area contributed by atoms with Crippen molar-refractivity contribution < 1.29 is 14.3 Å². The van der Waals surface area contributed by atoms with Crippen LogP contribution in [0.25, 0.3) is 16.7 Å². The van der Waals surface area contributed by atoms with E-state index in [4.69, 9.17) is 4.74 Å². The number of carbonyl (C=O) groups excluding carboxylic acids is 2. The van der Waals surface area contributed by atoms with Gasteiger partial charge in [0, 0.05) is 17.8 Å². The molecule has 0 saturated carbocycles. The molecule has 0 fully saturated rings. The second-order valence-electron chi connectivity index (χ2n) is 6.00. The molecule has 3 aromatic heterocycles. The standard InChI is InChI=1S/C20H16N6O3/c1-2-29-20(28)18-16(11-13-5-3-4-6-14(13)22-18)23-19(27)15-7-8-17(25-24-15)26-10-9-21-12-26/h3-12H,2H2,1H3,(H,23,27). The molecule has 0 unspecified atom stereocenters. The Bertz CT molecular complexity index is 1170. The number of nitrogens with zero attached hydrogens (tertiary/aromatic N) is 5. The zero-order valence-corrected chi connectivity index (χ0v) is 15.4. The third-order valence-electron chi connectivity index (χ3n) is 4.09. The van der Waals surface area contributed by atoms with Gasteiger partial charge >= 0.3 is 5.97 Å². The van der Waals surface area contributed by atoms with Gasteiger partial charge in [0.2, 0.25) is 0 Å². The molecule has 1 N–H and O–H groups in total. The number of hydrogen-bond donors (Lipinski definition) is 1. The zero-order valence-electron chi connectivity index (χ0n) is 15.4. The highest BCUT2D eigenvalue weighted by molar-refractivity contribution is 6.08. The number of amides is 1. The van der Waals surface area contributed by atoms with Gasteiger partial charge in [-0.3, -0.25) is 9.36 Å². The summed E-state index contributed by atoms with van der Waals surface area (Å²) >= 11 is 0. The molecular weight excluding hydrogens is 372 g/mol. The number of benzene rings is 1. The molecule has 9 heteroatoms. The number of fused-ring (bicyclic) bond motifs is 1. The van der Waals surface area contributed by atoms with E-state index in [0.717, 1.165) is 5.39 Å². The first-order valence-electron chi connectivity index (χ1n) is 8.86. The van der Waals surface area contributed by atoms with Crippen LogP contribution in [0.4, 0.5) is 5.69 Å². The van der Waals surface area contributed by atoms with Crippen molar-refractivity contribution in [3.05, 3.63) is 72.6 Å². The fourth-order valence-corrected chi connectivity index (χ4v) is 2.73. The maximum atomic E-state index is 12.7. The number of imidazole rings is 1. The van der Waals surface area contributed by atoms with E-state index in [1.807, 2.05) is 18.2 Å². The number of hydrogen-bond acceptors (Lipinski definition) is 7. The summed E-state index contributed by atoms with van der Waals surface area (Å²) in [6.07, 6.45) is 4.91. The first-order valence-corrected chi connectivity index (χ1v) is 8.86. The predicted octanol–water partition coefficient (Wildman–Crippen LogP) is 2.64. The molecular formula is C20H16N6O3. The molecule has 4 aromatic rings. The zero-order chi connectivity index (χ0) is 20.2. The van der Waals surface area contributed by atoms with Crippen LogP contribution in [0.3, 0.4) is 0 Å². The van der Waals surface area contributed by atoms with Gasteiger partial charge < -0.3 is 10.1 Å². The molecule has 0 atom stereocenters. The summed E-state index contributed by atoms with van der Waals surface area (Å²) in [6, 6.07) is 12.2. The van der Waals surface area contributed by atoms with Crippen LogP contribution in [0, 0.1) is 0 Å². The lowest BCUT2D eigenvalue weighted by Gasteiger charge is -2.11. The molecule has 1 aromatic carbocycles. The number of pyridine rings is 1. The van der Waals surface area contributed by atoms with E-state index in [2.05, 4.69) is 25.5 Å². The summed E-state index contributed by atoms with van der Waals surface area (Å²) in [5.74, 6) is -0.606. The van der Waals surface area contributed by atoms with Crippen molar-refractivity contribution in [1.29, 1.82) is 0 Å². The molecule has 0 aliphatic heterocycles. The molecule has 0 spiro atoms. The van der Waals surface area contributed by atoms with Crippen molar-refractivity contribution >= 4 is 28.5 Å². The van der Waals surface area contributed by atoms with E-state index in [9.17, 15) is 9.59 Å². The van der Waals surface area contributed by atoms with E-state index in [1.54, 1.807) is 48.4 Å². The summed E-state index contributed by atoms with van der Waals surface area (Å²) in [7, 11) is 0. The molecule has 4 rings (SSSR count). The third kappa shape index (κ3) is 3.79. The molecule has 3 heterocycles. The topological polar surface area (TPSA) is 112 Å². The molecule has 0 radical (unpaired) electrons. The van der Waals surface area contributed by atoms with Crippen LogP contribution in [0.1, 0.15) is 27.9 Å². The second-order valence-corrected chi connectivity index (χ2v) is 6.00. The van der Waals surface area contributed by atoms with Crippen LogP contribution in [-0.2, 0) is 4.74 Å². The monoisotopic (exact) mass is 388 g/mol. The smallest absolute Gasteiger partial charge is 0.359 e. The lowest BCUT2D eigenvalue weighted by Crippen LogP contribution is -2.19. The van der Waals surface area contributed by atoms with Gasteiger partial charge in [0.25, 0.3) is 5.91 Å². The number of rotatable bonds is 5. The Labute approximate surface area is 165 Å². The van der Waals surface area contributed by atoms with Gasteiger partial charge in [-0.25, -0.2) is 14.8 Å². The van der Waals surface area contributed by atoms with Crippen molar-refractivity contribution in [2.75, 3.05) is 11.9 Å². The fourth-order valence-electron chi connectivity index (χ4n) is 2.73. The highest BCUT2D eigenvalue weighted by Crippen LogP contribution is 2.22. The predicted molar refractivity (Wildman–Crippen MR) is 105 cm³/mol. The van der Waals surface area contributed by atoms with Gasteiger partial charge in [0.1, 0.15) is 6.33 Å². The number of para-hydroxylation sites is 1.